The Morgan fingerprint density at radius 2 is 2.11 bits per heavy atom. The zero-order valence-electron chi connectivity index (χ0n) is 11.4. The maximum Gasteiger partial charge on any atom is 0.195 e. The lowest BCUT2D eigenvalue weighted by Gasteiger charge is -2.28. The number of aromatic nitrogens is 2. The molecule has 3 rings (SSSR count). The summed E-state index contributed by atoms with van der Waals surface area (Å²) in [7, 11) is 2.13. The fraction of sp³-hybridized carbons (Fsp3) is 0.643. The predicted molar refractivity (Wildman–Crippen MR) is 78.9 cm³/mol. The van der Waals surface area contributed by atoms with Gasteiger partial charge in [-0.2, -0.15) is 0 Å². The van der Waals surface area contributed by atoms with Crippen molar-refractivity contribution >= 4 is 22.1 Å². The molecule has 0 unspecified atom stereocenters. The molecule has 0 radical (unpaired) electrons. The standard InChI is InChI=1S/C14H21N3OS/c1-16(11-6-4-2-3-5-7-11)13-12(10-18)17-8-9-19-14(17)15-13/h8-9,11,18H,2-7,10H2,1H3. The van der Waals surface area contributed by atoms with Crippen LogP contribution >= 0.6 is 11.3 Å². The van der Waals surface area contributed by atoms with Crippen LogP contribution in [0, 0.1) is 0 Å². The number of aliphatic hydroxyl groups is 1. The lowest BCUT2D eigenvalue weighted by molar-refractivity contribution is 0.276. The van der Waals surface area contributed by atoms with E-state index in [1.54, 1.807) is 11.3 Å². The van der Waals surface area contributed by atoms with Crippen LogP contribution in [-0.4, -0.2) is 27.6 Å². The summed E-state index contributed by atoms with van der Waals surface area (Å²) >= 11 is 1.62. The van der Waals surface area contributed by atoms with Gasteiger partial charge in [0.05, 0.1) is 12.3 Å². The highest BCUT2D eigenvalue weighted by Gasteiger charge is 2.23. The number of rotatable bonds is 3. The highest BCUT2D eigenvalue weighted by Crippen LogP contribution is 2.29. The lowest BCUT2D eigenvalue weighted by atomic mass is 10.1. The van der Waals surface area contributed by atoms with E-state index in [0.717, 1.165) is 16.5 Å². The number of hydrogen-bond acceptors (Lipinski definition) is 4. The van der Waals surface area contributed by atoms with Gasteiger partial charge in [-0.15, -0.1) is 11.3 Å². The lowest BCUT2D eigenvalue weighted by Crippen LogP contribution is -2.32. The number of nitrogens with zero attached hydrogens (tertiary/aromatic N) is 3. The molecule has 0 aromatic carbocycles. The van der Waals surface area contributed by atoms with E-state index < -0.39 is 0 Å². The molecule has 4 nitrogen and oxygen atoms in total. The summed E-state index contributed by atoms with van der Waals surface area (Å²) in [6.45, 7) is 0.0459. The zero-order chi connectivity index (χ0) is 13.2. The topological polar surface area (TPSA) is 40.8 Å². The van der Waals surface area contributed by atoms with Crippen molar-refractivity contribution in [3.8, 4) is 0 Å². The average molecular weight is 279 g/mol. The minimum Gasteiger partial charge on any atom is -0.390 e. The van der Waals surface area contributed by atoms with Crippen LogP contribution in [0.1, 0.15) is 44.2 Å². The van der Waals surface area contributed by atoms with Crippen molar-refractivity contribution in [2.75, 3.05) is 11.9 Å². The van der Waals surface area contributed by atoms with E-state index >= 15 is 0 Å². The first kappa shape index (κ1) is 12.9. The van der Waals surface area contributed by atoms with E-state index in [2.05, 4.69) is 11.9 Å². The number of anilines is 1. The fourth-order valence-electron chi connectivity index (χ4n) is 3.07. The van der Waals surface area contributed by atoms with Gasteiger partial charge in [0.25, 0.3) is 0 Å². The fourth-order valence-corrected chi connectivity index (χ4v) is 3.80. The monoisotopic (exact) mass is 279 g/mol. The molecule has 0 amide bonds. The van der Waals surface area contributed by atoms with Crippen molar-refractivity contribution in [3.63, 3.8) is 0 Å². The van der Waals surface area contributed by atoms with Gasteiger partial charge in [0.15, 0.2) is 10.8 Å². The first-order valence-corrected chi connectivity index (χ1v) is 7.97. The molecule has 5 heteroatoms. The van der Waals surface area contributed by atoms with E-state index in [4.69, 9.17) is 4.98 Å². The van der Waals surface area contributed by atoms with E-state index in [1.807, 2.05) is 16.0 Å². The summed E-state index contributed by atoms with van der Waals surface area (Å²) in [5.41, 5.74) is 0.919. The molecule has 0 bridgehead atoms. The molecule has 0 atom stereocenters. The van der Waals surface area contributed by atoms with E-state index in [0.29, 0.717) is 6.04 Å². The first-order valence-electron chi connectivity index (χ1n) is 7.09. The zero-order valence-corrected chi connectivity index (χ0v) is 12.2. The molecule has 1 saturated carbocycles. The van der Waals surface area contributed by atoms with Crippen molar-refractivity contribution < 1.29 is 5.11 Å². The molecule has 0 spiro atoms. The van der Waals surface area contributed by atoms with Crippen molar-refractivity contribution in [3.05, 3.63) is 17.3 Å². The number of fused-ring (bicyclic) bond motifs is 1. The van der Waals surface area contributed by atoms with Gasteiger partial charge in [-0.05, 0) is 12.8 Å². The van der Waals surface area contributed by atoms with E-state index in [1.165, 1.54) is 38.5 Å². The Labute approximate surface area is 117 Å². The Bertz CT molecular complexity index is 540. The Hall–Kier alpha value is -1.07. The number of thiazole rings is 1. The molecule has 19 heavy (non-hydrogen) atoms. The van der Waals surface area contributed by atoms with Crippen molar-refractivity contribution in [1.29, 1.82) is 0 Å². The van der Waals surface area contributed by atoms with Gasteiger partial charge in [-0.25, -0.2) is 4.98 Å². The smallest absolute Gasteiger partial charge is 0.195 e. The highest BCUT2D eigenvalue weighted by molar-refractivity contribution is 7.15. The molecule has 2 aromatic heterocycles. The Morgan fingerprint density at radius 3 is 2.79 bits per heavy atom. The summed E-state index contributed by atoms with van der Waals surface area (Å²) < 4.78 is 2.01. The first-order chi connectivity index (χ1) is 9.31. The van der Waals surface area contributed by atoms with E-state index in [9.17, 15) is 5.11 Å². The van der Waals surface area contributed by atoms with Crippen LogP contribution in [0.4, 0.5) is 5.82 Å². The third-order valence-electron chi connectivity index (χ3n) is 4.20. The van der Waals surface area contributed by atoms with Crippen molar-refractivity contribution in [2.45, 2.75) is 51.2 Å². The van der Waals surface area contributed by atoms with Crippen molar-refractivity contribution in [1.82, 2.24) is 9.38 Å². The second kappa shape index (κ2) is 5.51. The molecule has 2 heterocycles. The van der Waals surface area contributed by atoms with E-state index in [-0.39, 0.29) is 6.61 Å². The third-order valence-corrected chi connectivity index (χ3v) is 4.95. The quantitative estimate of drug-likeness (QED) is 0.878. The van der Waals surface area contributed by atoms with Crippen LogP contribution in [0.25, 0.3) is 4.96 Å². The van der Waals surface area contributed by atoms with Gasteiger partial charge in [0.2, 0.25) is 0 Å². The number of hydrogen-bond donors (Lipinski definition) is 1. The van der Waals surface area contributed by atoms with Crippen LogP contribution in [0.15, 0.2) is 11.6 Å². The molecule has 1 N–H and O–H groups in total. The molecule has 0 aliphatic heterocycles. The molecular formula is C14H21N3OS. The minimum absolute atomic E-state index is 0.0459. The molecule has 2 aromatic rings. The molecule has 104 valence electrons. The van der Waals surface area contributed by atoms with Gasteiger partial charge >= 0.3 is 0 Å². The highest BCUT2D eigenvalue weighted by atomic mass is 32.1. The maximum absolute atomic E-state index is 9.64. The van der Waals surface area contributed by atoms with Crippen LogP contribution < -0.4 is 4.90 Å². The molecule has 1 aliphatic carbocycles. The molecular weight excluding hydrogens is 258 g/mol. The van der Waals surface area contributed by atoms with Crippen LogP contribution in [0.3, 0.4) is 0 Å². The Balaban J connectivity index is 1.91. The normalized spacial score (nSPS) is 17.8. The number of imidazole rings is 1. The second-order valence-electron chi connectivity index (χ2n) is 5.35. The summed E-state index contributed by atoms with van der Waals surface area (Å²) in [5.74, 6) is 0.959. The molecule has 1 aliphatic rings. The third kappa shape index (κ3) is 2.37. The minimum atomic E-state index is 0.0459. The van der Waals surface area contributed by atoms with Gasteiger partial charge in [0, 0.05) is 24.7 Å². The summed E-state index contributed by atoms with van der Waals surface area (Å²) in [6, 6.07) is 0.567. The average Bonchev–Trinajstić information content (AvgIpc) is 2.88. The summed E-state index contributed by atoms with van der Waals surface area (Å²) in [4.78, 5) is 7.96. The molecule has 1 fully saturated rings. The van der Waals surface area contributed by atoms with Gasteiger partial charge in [0.1, 0.15) is 0 Å². The summed E-state index contributed by atoms with van der Waals surface area (Å²) in [6.07, 6.45) is 9.81. The van der Waals surface area contributed by atoms with Crippen LogP contribution in [-0.2, 0) is 6.61 Å². The SMILES string of the molecule is CN(c1nc2sccn2c1CO)C1CCCCCC1. The van der Waals surface area contributed by atoms with Crippen LogP contribution in [0.2, 0.25) is 0 Å². The Morgan fingerprint density at radius 1 is 1.37 bits per heavy atom. The van der Waals surface area contributed by atoms with Gasteiger partial charge in [-0.3, -0.25) is 4.40 Å². The van der Waals surface area contributed by atoms with Gasteiger partial charge < -0.3 is 10.0 Å². The largest absolute Gasteiger partial charge is 0.390 e. The second-order valence-corrected chi connectivity index (χ2v) is 6.23. The molecule has 0 saturated heterocycles. The van der Waals surface area contributed by atoms with Crippen molar-refractivity contribution in [2.24, 2.45) is 0 Å². The summed E-state index contributed by atoms with van der Waals surface area (Å²) in [5, 5.41) is 11.7. The number of aliphatic hydroxyl groups excluding tert-OH is 1. The predicted octanol–water partition coefficient (Wildman–Crippen LogP) is 3.05. The Kier molecular flexibility index (Phi) is 3.75. The van der Waals surface area contributed by atoms with Crippen LogP contribution in [0.5, 0.6) is 0 Å². The van der Waals surface area contributed by atoms with Gasteiger partial charge in [-0.1, -0.05) is 25.7 Å². The maximum atomic E-state index is 9.64.